The van der Waals surface area contributed by atoms with Gasteiger partial charge < -0.3 is 14.8 Å². The highest BCUT2D eigenvalue weighted by Crippen LogP contribution is 2.14. The van der Waals surface area contributed by atoms with E-state index in [1.807, 2.05) is 20.8 Å². The van der Waals surface area contributed by atoms with Crippen molar-refractivity contribution in [1.29, 1.82) is 0 Å². The monoisotopic (exact) mass is 483 g/mol. The van der Waals surface area contributed by atoms with Crippen LogP contribution in [0.5, 0.6) is 0 Å². The fraction of sp³-hybridized carbons (Fsp3) is 0.931. The summed E-state index contributed by atoms with van der Waals surface area (Å²) >= 11 is 0. The van der Waals surface area contributed by atoms with Crippen molar-refractivity contribution in [3.8, 4) is 0 Å². The number of carbonyl (C=O) groups excluding carboxylic acids is 2. The topological polar surface area (TPSA) is 64.6 Å². The average molecular weight is 484 g/mol. The molecule has 34 heavy (non-hydrogen) atoms. The fourth-order valence-corrected chi connectivity index (χ4v) is 4.06. The molecule has 0 radical (unpaired) electrons. The van der Waals surface area contributed by atoms with E-state index in [-0.39, 0.29) is 11.9 Å². The molecular weight excluding hydrogens is 426 g/mol. The lowest BCUT2D eigenvalue weighted by atomic mass is 9.99. The molecule has 0 saturated carbocycles. The van der Waals surface area contributed by atoms with E-state index < -0.39 is 12.1 Å². The van der Waals surface area contributed by atoms with Crippen LogP contribution in [-0.2, 0) is 14.3 Å². The Morgan fingerprint density at radius 3 is 1.44 bits per heavy atom. The molecule has 0 aromatic heterocycles. The zero-order chi connectivity index (χ0) is 25.3. The molecule has 0 bridgehead atoms. The quantitative estimate of drug-likeness (QED) is 0.110. The van der Waals surface area contributed by atoms with Crippen LogP contribution in [0.1, 0.15) is 150 Å². The molecule has 2 unspecified atom stereocenters. The fourth-order valence-electron chi connectivity index (χ4n) is 4.06. The number of esters is 1. The summed E-state index contributed by atoms with van der Waals surface area (Å²) in [5.41, 5.74) is 0. The number of hydrogen-bond donors (Lipinski definition) is 1. The van der Waals surface area contributed by atoms with Gasteiger partial charge in [-0.15, -0.1) is 0 Å². The predicted molar refractivity (Wildman–Crippen MR) is 143 cm³/mol. The zero-order valence-electron chi connectivity index (χ0n) is 23.1. The molecule has 0 saturated heterocycles. The first-order valence-corrected chi connectivity index (χ1v) is 14.7. The van der Waals surface area contributed by atoms with Gasteiger partial charge in [-0.2, -0.15) is 0 Å². The van der Waals surface area contributed by atoms with Gasteiger partial charge in [-0.25, -0.2) is 9.59 Å². The molecule has 0 aliphatic carbocycles. The third-order valence-corrected chi connectivity index (χ3v) is 6.71. The van der Waals surface area contributed by atoms with Crippen molar-refractivity contribution in [2.45, 2.75) is 156 Å². The molecule has 202 valence electrons. The van der Waals surface area contributed by atoms with Crippen molar-refractivity contribution in [3.05, 3.63) is 0 Å². The third-order valence-electron chi connectivity index (χ3n) is 6.71. The molecule has 0 aliphatic rings. The smallest absolute Gasteiger partial charge is 0.407 e. The molecular formula is C29H57NO4. The van der Waals surface area contributed by atoms with Gasteiger partial charge in [0, 0.05) is 0 Å². The van der Waals surface area contributed by atoms with E-state index in [0.717, 1.165) is 32.1 Å². The second-order valence-electron chi connectivity index (χ2n) is 9.97. The molecule has 1 N–H and O–H groups in total. The van der Waals surface area contributed by atoms with Crippen molar-refractivity contribution in [2.75, 3.05) is 13.2 Å². The number of alkyl carbamates (subject to hydrolysis) is 1. The molecule has 0 aromatic rings. The highest BCUT2D eigenvalue weighted by Gasteiger charge is 2.27. The number of unbranched alkanes of at least 4 members (excludes halogenated alkanes) is 16. The van der Waals surface area contributed by atoms with E-state index in [2.05, 4.69) is 12.2 Å². The maximum absolute atomic E-state index is 12.5. The molecule has 0 rings (SSSR count). The summed E-state index contributed by atoms with van der Waals surface area (Å²) in [5, 5.41) is 2.70. The molecule has 0 spiro atoms. The third kappa shape index (κ3) is 20.1. The lowest BCUT2D eigenvalue weighted by molar-refractivity contribution is -0.147. The largest absolute Gasteiger partial charge is 0.464 e. The molecule has 5 heteroatoms. The van der Waals surface area contributed by atoms with Gasteiger partial charge in [-0.05, 0) is 18.8 Å². The summed E-state index contributed by atoms with van der Waals surface area (Å²) in [6.07, 6.45) is 23.2. The van der Waals surface area contributed by atoms with Gasteiger partial charge in [-0.1, -0.05) is 137 Å². The minimum absolute atomic E-state index is 0.0111. The molecule has 0 aromatic carbocycles. The highest BCUT2D eigenvalue weighted by molar-refractivity contribution is 5.81. The van der Waals surface area contributed by atoms with Crippen LogP contribution in [-0.4, -0.2) is 31.3 Å². The summed E-state index contributed by atoms with van der Waals surface area (Å²) < 4.78 is 10.6. The first kappa shape index (κ1) is 32.7. The Balaban J connectivity index is 3.66. The lowest BCUT2D eigenvalue weighted by Crippen LogP contribution is -2.46. The van der Waals surface area contributed by atoms with Crippen LogP contribution < -0.4 is 5.32 Å². The van der Waals surface area contributed by atoms with Gasteiger partial charge in [-0.3, -0.25) is 0 Å². The molecule has 0 aliphatic heterocycles. The molecule has 5 nitrogen and oxygen atoms in total. The van der Waals surface area contributed by atoms with Crippen molar-refractivity contribution in [2.24, 2.45) is 5.92 Å². The Labute approximate surface area is 211 Å². The van der Waals surface area contributed by atoms with E-state index in [0.29, 0.717) is 13.2 Å². The first-order chi connectivity index (χ1) is 16.6. The summed E-state index contributed by atoms with van der Waals surface area (Å²) in [6, 6.07) is -0.639. The van der Waals surface area contributed by atoms with Crippen LogP contribution in [0.25, 0.3) is 0 Å². The second-order valence-corrected chi connectivity index (χ2v) is 9.97. The van der Waals surface area contributed by atoms with Gasteiger partial charge in [0.2, 0.25) is 0 Å². The number of hydrogen-bond acceptors (Lipinski definition) is 4. The van der Waals surface area contributed by atoms with Crippen LogP contribution in [0.3, 0.4) is 0 Å². The number of amides is 1. The van der Waals surface area contributed by atoms with E-state index in [1.54, 1.807) is 0 Å². The minimum Gasteiger partial charge on any atom is -0.464 e. The SMILES string of the molecule is CCCCCCCCCCCCCCCCCCOC(=O)C(NC(=O)OCCCC)C(C)CC. The Bertz CT molecular complexity index is 469. The number of ether oxygens (including phenoxy) is 2. The van der Waals surface area contributed by atoms with Gasteiger partial charge in [0.25, 0.3) is 0 Å². The van der Waals surface area contributed by atoms with Crippen molar-refractivity contribution in [1.82, 2.24) is 5.32 Å². The summed E-state index contributed by atoms with van der Waals surface area (Å²) in [6.45, 7) is 9.08. The molecule has 1 amide bonds. The van der Waals surface area contributed by atoms with Crippen LogP contribution in [0.2, 0.25) is 0 Å². The van der Waals surface area contributed by atoms with E-state index in [1.165, 1.54) is 89.9 Å². The van der Waals surface area contributed by atoms with Gasteiger partial charge in [0.15, 0.2) is 0 Å². The van der Waals surface area contributed by atoms with Crippen molar-refractivity contribution >= 4 is 12.1 Å². The van der Waals surface area contributed by atoms with E-state index in [4.69, 9.17) is 9.47 Å². The number of nitrogens with one attached hydrogen (secondary N) is 1. The normalized spacial score (nSPS) is 12.8. The minimum atomic E-state index is -0.639. The second kappa shape index (κ2) is 24.9. The Kier molecular flexibility index (Phi) is 23.9. The Morgan fingerprint density at radius 1 is 0.588 bits per heavy atom. The number of rotatable bonds is 24. The van der Waals surface area contributed by atoms with Crippen LogP contribution in [0.4, 0.5) is 4.79 Å². The van der Waals surface area contributed by atoms with Crippen molar-refractivity contribution < 1.29 is 19.1 Å². The standard InChI is InChI=1S/C29H57NO4/c1-5-8-10-11-12-13-14-15-16-17-18-19-20-21-22-23-25-33-28(31)27(26(4)7-3)30-29(32)34-24-9-6-2/h26-27H,5-25H2,1-4H3,(H,30,32). The van der Waals surface area contributed by atoms with Gasteiger partial charge in [0.05, 0.1) is 13.2 Å². The molecule has 0 fully saturated rings. The predicted octanol–water partition coefficient (Wildman–Crippen LogP) is 8.73. The van der Waals surface area contributed by atoms with Gasteiger partial charge >= 0.3 is 12.1 Å². The summed E-state index contributed by atoms with van der Waals surface area (Å²) in [4.78, 5) is 24.4. The molecule has 2 atom stereocenters. The van der Waals surface area contributed by atoms with Crippen LogP contribution in [0, 0.1) is 5.92 Å². The maximum Gasteiger partial charge on any atom is 0.407 e. The van der Waals surface area contributed by atoms with E-state index >= 15 is 0 Å². The average Bonchev–Trinajstić information content (AvgIpc) is 2.84. The maximum atomic E-state index is 12.5. The highest BCUT2D eigenvalue weighted by atomic mass is 16.6. The van der Waals surface area contributed by atoms with Crippen LogP contribution in [0.15, 0.2) is 0 Å². The Hall–Kier alpha value is -1.26. The van der Waals surface area contributed by atoms with Gasteiger partial charge in [0.1, 0.15) is 6.04 Å². The summed E-state index contributed by atoms with van der Waals surface area (Å²) in [5.74, 6) is -0.334. The zero-order valence-corrected chi connectivity index (χ0v) is 23.1. The van der Waals surface area contributed by atoms with Crippen LogP contribution >= 0.6 is 0 Å². The van der Waals surface area contributed by atoms with Crippen molar-refractivity contribution in [3.63, 3.8) is 0 Å². The molecule has 0 heterocycles. The Morgan fingerprint density at radius 2 is 1.00 bits per heavy atom. The number of carbonyl (C=O) groups is 2. The lowest BCUT2D eigenvalue weighted by Gasteiger charge is -2.22. The first-order valence-electron chi connectivity index (χ1n) is 14.7. The summed E-state index contributed by atoms with van der Waals surface area (Å²) in [7, 11) is 0. The van der Waals surface area contributed by atoms with E-state index in [9.17, 15) is 9.59 Å².